The molecule has 1 rings (SSSR count). The standard InChI is InChI=1S/C11H16FN/c1-7-6-10(12)4-5-11(7)8(2)9(3)13/h4-6,8-9H,13H2,1-3H3. The summed E-state index contributed by atoms with van der Waals surface area (Å²) in [7, 11) is 0. The molecule has 0 saturated heterocycles. The third-order valence-corrected chi connectivity index (χ3v) is 2.51. The molecule has 2 heteroatoms. The van der Waals surface area contributed by atoms with E-state index in [1.165, 1.54) is 6.07 Å². The van der Waals surface area contributed by atoms with Crippen molar-refractivity contribution in [3.05, 3.63) is 35.1 Å². The van der Waals surface area contributed by atoms with Crippen LogP contribution in [0.4, 0.5) is 4.39 Å². The number of halogens is 1. The van der Waals surface area contributed by atoms with E-state index in [0.29, 0.717) is 0 Å². The van der Waals surface area contributed by atoms with Gasteiger partial charge in [-0.25, -0.2) is 4.39 Å². The minimum absolute atomic E-state index is 0.101. The summed E-state index contributed by atoms with van der Waals surface area (Å²) >= 11 is 0. The molecule has 0 bridgehead atoms. The molecule has 0 aliphatic rings. The predicted octanol–water partition coefficient (Wildman–Crippen LogP) is 2.58. The zero-order valence-corrected chi connectivity index (χ0v) is 8.34. The molecule has 1 aromatic rings. The Kier molecular flexibility index (Phi) is 3.04. The molecule has 0 aliphatic carbocycles. The Balaban J connectivity index is 3.01. The fourth-order valence-electron chi connectivity index (χ4n) is 1.43. The first-order chi connectivity index (χ1) is 6.02. The van der Waals surface area contributed by atoms with E-state index in [2.05, 4.69) is 6.92 Å². The number of nitrogens with two attached hydrogens (primary N) is 1. The lowest BCUT2D eigenvalue weighted by atomic mass is 9.91. The van der Waals surface area contributed by atoms with Crippen molar-refractivity contribution >= 4 is 0 Å². The van der Waals surface area contributed by atoms with Gasteiger partial charge in [0.05, 0.1) is 0 Å². The van der Waals surface area contributed by atoms with Crippen molar-refractivity contribution in [2.24, 2.45) is 5.73 Å². The average molecular weight is 181 g/mol. The van der Waals surface area contributed by atoms with Crippen LogP contribution >= 0.6 is 0 Å². The van der Waals surface area contributed by atoms with Crippen LogP contribution in [0.25, 0.3) is 0 Å². The van der Waals surface area contributed by atoms with Crippen molar-refractivity contribution in [1.29, 1.82) is 0 Å². The summed E-state index contributed by atoms with van der Waals surface area (Å²) in [4.78, 5) is 0. The molecule has 2 N–H and O–H groups in total. The molecule has 0 aliphatic heterocycles. The van der Waals surface area contributed by atoms with Crippen molar-refractivity contribution in [3.8, 4) is 0 Å². The van der Waals surface area contributed by atoms with Crippen molar-refractivity contribution < 1.29 is 4.39 Å². The van der Waals surface area contributed by atoms with Gasteiger partial charge < -0.3 is 5.73 Å². The molecule has 0 fully saturated rings. The number of hydrogen-bond donors (Lipinski definition) is 1. The second-order valence-corrected chi connectivity index (χ2v) is 3.65. The second-order valence-electron chi connectivity index (χ2n) is 3.65. The van der Waals surface area contributed by atoms with E-state index in [-0.39, 0.29) is 17.8 Å². The summed E-state index contributed by atoms with van der Waals surface area (Å²) in [6.07, 6.45) is 0. The van der Waals surface area contributed by atoms with E-state index < -0.39 is 0 Å². The van der Waals surface area contributed by atoms with Gasteiger partial charge in [-0.15, -0.1) is 0 Å². The Morgan fingerprint density at radius 3 is 2.38 bits per heavy atom. The molecule has 0 amide bonds. The molecule has 2 atom stereocenters. The molecule has 0 heterocycles. The highest BCUT2D eigenvalue weighted by molar-refractivity contribution is 5.30. The van der Waals surface area contributed by atoms with Gasteiger partial charge in [0.2, 0.25) is 0 Å². The zero-order valence-electron chi connectivity index (χ0n) is 8.34. The van der Waals surface area contributed by atoms with Gasteiger partial charge in [0.25, 0.3) is 0 Å². The van der Waals surface area contributed by atoms with Crippen LogP contribution in [0.3, 0.4) is 0 Å². The van der Waals surface area contributed by atoms with Gasteiger partial charge in [0, 0.05) is 6.04 Å². The maximum Gasteiger partial charge on any atom is 0.123 e. The van der Waals surface area contributed by atoms with Crippen LogP contribution < -0.4 is 5.73 Å². The van der Waals surface area contributed by atoms with Gasteiger partial charge in [-0.1, -0.05) is 13.0 Å². The molecule has 72 valence electrons. The van der Waals surface area contributed by atoms with Crippen LogP contribution in [0.2, 0.25) is 0 Å². The minimum Gasteiger partial charge on any atom is -0.327 e. The molecule has 1 nitrogen and oxygen atoms in total. The first-order valence-corrected chi connectivity index (χ1v) is 4.54. The normalized spacial score (nSPS) is 15.5. The fraction of sp³-hybridized carbons (Fsp3) is 0.455. The second kappa shape index (κ2) is 3.88. The molecule has 2 unspecified atom stereocenters. The topological polar surface area (TPSA) is 26.0 Å². The van der Waals surface area contributed by atoms with Crippen molar-refractivity contribution in [2.75, 3.05) is 0 Å². The van der Waals surface area contributed by atoms with Gasteiger partial charge in [-0.05, 0) is 43.0 Å². The predicted molar refractivity (Wildman–Crippen MR) is 53.2 cm³/mol. The van der Waals surface area contributed by atoms with Crippen LogP contribution in [0.5, 0.6) is 0 Å². The van der Waals surface area contributed by atoms with Gasteiger partial charge in [0.15, 0.2) is 0 Å². The Bertz CT molecular complexity index is 294. The summed E-state index contributed by atoms with van der Waals surface area (Å²) in [5, 5.41) is 0. The third kappa shape index (κ3) is 2.28. The first-order valence-electron chi connectivity index (χ1n) is 4.54. The Morgan fingerprint density at radius 1 is 1.31 bits per heavy atom. The van der Waals surface area contributed by atoms with E-state index in [1.54, 1.807) is 6.07 Å². The monoisotopic (exact) mass is 181 g/mol. The zero-order chi connectivity index (χ0) is 10.0. The van der Waals surface area contributed by atoms with E-state index >= 15 is 0 Å². The lowest BCUT2D eigenvalue weighted by Crippen LogP contribution is -2.23. The van der Waals surface area contributed by atoms with Gasteiger partial charge >= 0.3 is 0 Å². The number of rotatable bonds is 2. The van der Waals surface area contributed by atoms with Crippen LogP contribution in [0.15, 0.2) is 18.2 Å². The fourth-order valence-corrected chi connectivity index (χ4v) is 1.43. The van der Waals surface area contributed by atoms with E-state index in [4.69, 9.17) is 5.73 Å². The van der Waals surface area contributed by atoms with Crippen LogP contribution in [0, 0.1) is 12.7 Å². The van der Waals surface area contributed by atoms with Crippen LogP contribution in [0.1, 0.15) is 30.9 Å². The lowest BCUT2D eigenvalue weighted by molar-refractivity contribution is 0.599. The number of benzene rings is 1. The largest absolute Gasteiger partial charge is 0.327 e. The molecular formula is C11H16FN. The van der Waals surface area contributed by atoms with E-state index in [0.717, 1.165) is 11.1 Å². The lowest BCUT2D eigenvalue weighted by Gasteiger charge is -2.18. The van der Waals surface area contributed by atoms with Crippen molar-refractivity contribution in [2.45, 2.75) is 32.7 Å². The average Bonchev–Trinajstić information content (AvgIpc) is 2.03. The molecule has 0 spiro atoms. The highest BCUT2D eigenvalue weighted by Crippen LogP contribution is 2.22. The van der Waals surface area contributed by atoms with Crippen LogP contribution in [-0.4, -0.2) is 6.04 Å². The van der Waals surface area contributed by atoms with Gasteiger partial charge in [-0.3, -0.25) is 0 Å². The van der Waals surface area contributed by atoms with E-state index in [9.17, 15) is 4.39 Å². The van der Waals surface area contributed by atoms with Crippen LogP contribution in [-0.2, 0) is 0 Å². The van der Waals surface area contributed by atoms with Crippen molar-refractivity contribution in [3.63, 3.8) is 0 Å². The van der Waals surface area contributed by atoms with E-state index in [1.807, 2.05) is 19.9 Å². The highest BCUT2D eigenvalue weighted by Gasteiger charge is 2.12. The third-order valence-electron chi connectivity index (χ3n) is 2.51. The summed E-state index contributed by atoms with van der Waals surface area (Å²) in [5.74, 6) is 0.0960. The molecular weight excluding hydrogens is 165 g/mol. The molecule has 0 saturated carbocycles. The van der Waals surface area contributed by atoms with Gasteiger partial charge in [0.1, 0.15) is 5.82 Å². The number of hydrogen-bond acceptors (Lipinski definition) is 1. The Morgan fingerprint density at radius 2 is 1.92 bits per heavy atom. The van der Waals surface area contributed by atoms with Crippen molar-refractivity contribution in [1.82, 2.24) is 0 Å². The minimum atomic E-state index is -0.182. The summed E-state index contributed by atoms with van der Waals surface area (Å²) < 4.78 is 12.8. The maximum atomic E-state index is 12.8. The summed E-state index contributed by atoms with van der Waals surface area (Å²) in [6, 6.07) is 4.96. The summed E-state index contributed by atoms with van der Waals surface area (Å²) in [6.45, 7) is 5.94. The smallest absolute Gasteiger partial charge is 0.123 e. The summed E-state index contributed by atoms with van der Waals surface area (Å²) in [5.41, 5.74) is 7.89. The Labute approximate surface area is 78.8 Å². The highest BCUT2D eigenvalue weighted by atomic mass is 19.1. The molecule has 13 heavy (non-hydrogen) atoms. The molecule has 0 radical (unpaired) electrons. The molecule has 0 aromatic heterocycles. The van der Waals surface area contributed by atoms with Gasteiger partial charge in [-0.2, -0.15) is 0 Å². The first kappa shape index (κ1) is 10.2. The Hall–Kier alpha value is -0.890. The quantitative estimate of drug-likeness (QED) is 0.745. The molecule has 1 aromatic carbocycles. The SMILES string of the molecule is Cc1cc(F)ccc1C(C)C(C)N. The number of aryl methyl sites for hydroxylation is 1. The maximum absolute atomic E-state index is 12.8.